The van der Waals surface area contributed by atoms with Gasteiger partial charge >= 0.3 is 5.97 Å². The summed E-state index contributed by atoms with van der Waals surface area (Å²) in [5.74, 6) is 0.599. The van der Waals surface area contributed by atoms with E-state index in [0.29, 0.717) is 12.5 Å². The van der Waals surface area contributed by atoms with Crippen molar-refractivity contribution in [2.45, 2.75) is 40.2 Å². The van der Waals surface area contributed by atoms with Crippen molar-refractivity contribution in [2.24, 2.45) is 5.92 Å². The van der Waals surface area contributed by atoms with Gasteiger partial charge in [0.05, 0.1) is 6.54 Å². The van der Waals surface area contributed by atoms with Crippen molar-refractivity contribution in [1.82, 2.24) is 9.80 Å². The number of carbonyl (C=O) groups excluding carboxylic acids is 1. The number of carbonyl (C=O) groups is 1. The number of nitrogens with zero attached hydrogens (tertiary/aromatic N) is 2. The highest BCUT2D eigenvalue weighted by atomic mass is 16.6. The minimum Gasteiger partial charge on any atom is -0.459 e. The highest BCUT2D eigenvalue weighted by Crippen LogP contribution is 2.09. The molecule has 0 unspecified atom stereocenters. The first-order chi connectivity index (χ1) is 8.26. The SMILES string of the molecule is CC(C)CN1CCN(CC(=O)OC(C)(C)C)CC1. The molecule has 0 aliphatic carbocycles. The third kappa shape index (κ3) is 6.36. The molecule has 0 amide bonds. The van der Waals surface area contributed by atoms with E-state index in [-0.39, 0.29) is 11.6 Å². The first-order valence-corrected chi connectivity index (χ1v) is 6.93. The summed E-state index contributed by atoms with van der Waals surface area (Å²) in [6.45, 7) is 15.8. The maximum Gasteiger partial charge on any atom is 0.320 e. The third-order valence-corrected chi connectivity index (χ3v) is 2.86. The van der Waals surface area contributed by atoms with Crippen LogP contribution in [0.4, 0.5) is 0 Å². The van der Waals surface area contributed by atoms with E-state index in [1.165, 1.54) is 0 Å². The van der Waals surface area contributed by atoms with Crippen LogP contribution in [0.5, 0.6) is 0 Å². The van der Waals surface area contributed by atoms with Gasteiger partial charge in [-0.2, -0.15) is 0 Å². The molecule has 0 N–H and O–H groups in total. The average molecular weight is 256 g/mol. The summed E-state index contributed by atoms with van der Waals surface area (Å²) < 4.78 is 5.34. The standard InChI is InChI=1S/C14H28N2O2/c1-12(2)10-15-6-8-16(9-7-15)11-13(17)18-14(3,4)5/h12H,6-11H2,1-5H3. The average Bonchev–Trinajstić information content (AvgIpc) is 2.17. The minimum atomic E-state index is -0.378. The predicted molar refractivity (Wildman–Crippen MR) is 73.6 cm³/mol. The van der Waals surface area contributed by atoms with E-state index in [9.17, 15) is 4.79 Å². The molecule has 1 saturated heterocycles. The molecule has 18 heavy (non-hydrogen) atoms. The second-order valence-corrected chi connectivity index (χ2v) is 6.56. The van der Waals surface area contributed by atoms with Crippen LogP contribution < -0.4 is 0 Å². The van der Waals surface area contributed by atoms with Gasteiger partial charge in [0.2, 0.25) is 0 Å². The molecule has 1 aliphatic rings. The molecule has 4 heteroatoms. The van der Waals surface area contributed by atoms with Crippen molar-refractivity contribution in [1.29, 1.82) is 0 Å². The van der Waals surface area contributed by atoms with Crippen LogP contribution in [-0.4, -0.2) is 60.6 Å². The lowest BCUT2D eigenvalue weighted by atomic mass is 10.2. The third-order valence-electron chi connectivity index (χ3n) is 2.86. The van der Waals surface area contributed by atoms with Crippen molar-refractivity contribution in [2.75, 3.05) is 39.3 Å². The highest BCUT2D eigenvalue weighted by Gasteiger charge is 2.22. The summed E-state index contributed by atoms with van der Waals surface area (Å²) in [5, 5.41) is 0. The van der Waals surface area contributed by atoms with Crippen LogP contribution in [-0.2, 0) is 9.53 Å². The molecule has 4 nitrogen and oxygen atoms in total. The molecule has 1 aliphatic heterocycles. The Morgan fingerprint density at radius 3 is 2.06 bits per heavy atom. The fourth-order valence-electron chi connectivity index (χ4n) is 2.20. The molecular formula is C14H28N2O2. The molecule has 0 atom stereocenters. The molecule has 106 valence electrons. The monoisotopic (exact) mass is 256 g/mol. The lowest BCUT2D eigenvalue weighted by molar-refractivity contribution is -0.156. The molecule has 0 radical (unpaired) electrons. The van der Waals surface area contributed by atoms with Crippen LogP contribution in [0.25, 0.3) is 0 Å². The first kappa shape index (κ1) is 15.4. The van der Waals surface area contributed by atoms with E-state index in [4.69, 9.17) is 4.74 Å². The Labute approximate surface area is 111 Å². The van der Waals surface area contributed by atoms with E-state index >= 15 is 0 Å². The van der Waals surface area contributed by atoms with Gasteiger partial charge in [-0.3, -0.25) is 9.69 Å². The van der Waals surface area contributed by atoms with Gasteiger partial charge in [-0.15, -0.1) is 0 Å². The zero-order chi connectivity index (χ0) is 13.8. The number of rotatable bonds is 4. The smallest absolute Gasteiger partial charge is 0.320 e. The van der Waals surface area contributed by atoms with Gasteiger partial charge in [0.15, 0.2) is 0 Å². The van der Waals surface area contributed by atoms with Gasteiger partial charge in [-0.25, -0.2) is 0 Å². The second-order valence-electron chi connectivity index (χ2n) is 6.56. The summed E-state index contributed by atoms with van der Waals surface area (Å²) in [6, 6.07) is 0. The maximum absolute atomic E-state index is 11.7. The summed E-state index contributed by atoms with van der Waals surface area (Å²) in [5.41, 5.74) is -0.378. The highest BCUT2D eigenvalue weighted by molar-refractivity contribution is 5.72. The lowest BCUT2D eigenvalue weighted by Crippen LogP contribution is -2.49. The van der Waals surface area contributed by atoms with Gasteiger partial charge in [-0.05, 0) is 26.7 Å². The van der Waals surface area contributed by atoms with Crippen LogP contribution in [0.2, 0.25) is 0 Å². The fourth-order valence-corrected chi connectivity index (χ4v) is 2.20. The molecule has 0 spiro atoms. The van der Waals surface area contributed by atoms with E-state index in [2.05, 4.69) is 23.6 Å². The number of hydrogen-bond donors (Lipinski definition) is 0. The summed E-state index contributed by atoms with van der Waals surface area (Å²) in [4.78, 5) is 16.4. The van der Waals surface area contributed by atoms with Crippen LogP contribution in [0, 0.1) is 5.92 Å². The molecule has 1 rings (SSSR count). The summed E-state index contributed by atoms with van der Waals surface area (Å²) in [6.07, 6.45) is 0. The van der Waals surface area contributed by atoms with E-state index < -0.39 is 0 Å². The van der Waals surface area contributed by atoms with E-state index in [0.717, 1.165) is 32.7 Å². The quantitative estimate of drug-likeness (QED) is 0.715. The molecule has 0 aromatic carbocycles. The van der Waals surface area contributed by atoms with Crippen molar-refractivity contribution >= 4 is 5.97 Å². The second kappa shape index (κ2) is 6.53. The number of ether oxygens (including phenoxy) is 1. The van der Waals surface area contributed by atoms with Crippen LogP contribution in [0.1, 0.15) is 34.6 Å². The molecular weight excluding hydrogens is 228 g/mol. The fraction of sp³-hybridized carbons (Fsp3) is 0.929. The first-order valence-electron chi connectivity index (χ1n) is 6.93. The van der Waals surface area contributed by atoms with Gasteiger partial charge in [0, 0.05) is 32.7 Å². The van der Waals surface area contributed by atoms with Crippen LogP contribution in [0.3, 0.4) is 0 Å². The zero-order valence-electron chi connectivity index (χ0n) is 12.5. The van der Waals surface area contributed by atoms with E-state index in [1.54, 1.807) is 0 Å². The maximum atomic E-state index is 11.7. The Kier molecular flexibility index (Phi) is 5.60. The van der Waals surface area contributed by atoms with Gasteiger partial charge in [0.1, 0.15) is 5.60 Å². The number of piperazine rings is 1. The molecule has 0 saturated carbocycles. The van der Waals surface area contributed by atoms with Gasteiger partial charge < -0.3 is 9.64 Å². The molecule has 1 fully saturated rings. The summed E-state index contributed by atoms with van der Waals surface area (Å²) >= 11 is 0. The Balaban J connectivity index is 2.25. The predicted octanol–water partition coefficient (Wildman–Crippen LogP) is 1.60. The van der Waals surface area contributed by atoms with Gasteiger partial charge in [0.25, 0.3) is 0 Å². The zero-order valence-corrected chi connectivity index (χ0v) is 12.5. The normalized spacial score (nSPS) is 19.2. The molecule has 0 aromatic heterocycles. The van der Waals surface area contributed by atoms with Crippen molar-refractivity contribution < 1.29 is 9.53 Å². The Morgan fingerprint density at radius 1 is 1.11 bits per heavy atom. The van der Waals surface area contributed by atoms with Crippen molar-refractivity contribution in [3.05, 3.63) is 0 Å². The lowest BCUT2D eigenvalue weighted by Gasteiger charge is -2.35. The minimum absolute atomic E-state index is 0.111. The Morgan fingerprint density at radius 2 is 1.61 bits per heavy atom. The number of hydrogen-bond acceptors (Lipinski definition) is 4. The van der Waals surface area contributed by atoms with Crippen molar-refractivity contribution in [3.8, 4) is 0 Å². The Bertz CT molecular complexity index is 263. The van der Waals surface area contributed by atoms with Crippen molar-refractivity contribution in [3.63, 3.8) is 0 Å². The van der Waals surface area contributed by atoms with Crippen LogP contribution in [0.15, 0.2) is 0 Å². The molecule has 0 aromatic rings. The topological polar surface area (TPSA) is 32.8 Å². The molecule has 1 heterocycles. The largest absolute Gasteiger partial charge is 0.459 e. The van der Waals surface area contributed by atoms with Crippen LogP contribution >= 0.6 is 0 Å². The number of esters is 1. The summed E-state index contributed by atoms with van der Waals surface area (Å²) in [7, 11) is 0. The van der Waals surface area contributed by atoms with E-state index in [1.807, 2.05) is 20.8 Å². The van der Waals surface area contributed by atoms with Gasteiger partial charge in [-0.1, -0.05) is 13.8 Å². The molecule has 0 bridgehead atoms. The Hall–Kier alpha value is -0.610.